The van der Waals surface area contributed by atoms with Gasteiger partial charge < -0.3 is 14.6 Å². The van der Waals surface area contributed by atoms with Gasteiger partial charge in [0, 0.05) is 19.6 Å². The fraction of sp³-hybridized carbons (Fsp3) is 0.500. The van der Waals surface area contributed by atoms with E-state index < -0.39 is 0 Å². The van der Waals surface area contributed by atoms with Gasteiger partial charge in [0.15, 0.2) is 5.82 Å². The van der Waals surface area contributed by atoms with Crippen LogP contribution < -0.4 is 10.1 Å². The average Bonchev–Trinajstić information content (AvgIpc) is 3.04. The van der Waals surface area contributed by atoms with Crippen LogP contribution in [0.25, 0.3) is 0 Å². The van der Waals surface area contributed by atoms with Crippen LogP contribution in [0.2, 0.25) is 0 Å². The molecule has 0 amide bonds. The van der Waals surface area contributed by atoms with Crippen molar-refractivity contribution in [1.29, 1.82) is 0 Å². The molecule has 3 rings (SSSR count). The van der Waals surface area contributed by atoms with E-state index in [1.165, 1.54) is 0 Å². The standard InChI is InChI=1S/C16H22N4O2.ClH/c1-11(12-5-4-6-13(9-12)21-3)16-18-15(19-22-16)14-10-17-7-8-20(14)2;/h4-6,9,11,14,17H,7-8,10H2,1-3H3;1H. The SMILES string of the molecule is COc1cccc(C(C)c2nc(C3CNCCN3C)no2)c1.Cl. The van der Waals surface area contributed by atoms with Crippen molar-refractivity contribution < 1.29 is 9.26 Å². The zero-order chi connectivity index (χ0) is 15.5. The molecule has 1 aliphatic rings. The summed E-state index contributed by atoms with van der Waals surface area (Å²) in [6, 6.07) is 8.12. The van der Waals surface area contributed by atoms with Crippen LogP contribution in [0.5, 0.6) is 5.75 Å². The third-order valence-corrected chi connectivity index (χ3v) is 4.23. The average molecular weight is 339 g/mol. The van der Waals surface area contributed by atoms with E-state index in [1.807, 2.05) is 24.3 Å². The number of halogens is 1. The number of methoxy groups -OCH3 is 1. The monoisotopic (exact) mass is 338 g/mol. The zero-order valence-corrected chi connectivity index (χ0v) is 14.5. The van der Waals surface area contributed by atoms with Crippen molar-refractivity contribution in [3.8, 4) is 5.75 Å². The van der Waals surface area contributed by atoms with Crippen molar-refractivity contribution in [2.24, 2.45) is 0 Å². The first kappa shape index (κ1) is 17.7. The molecule has 2 heterocycles. The quantitative estimate of drug-likeness (QED) is 0.922. The maximum absolute atomic E-state index is 5.50. The number of ether oxygens (including phenoxy) is 1. The van der Waals surface area contributed by atoms with Crippen LogP contribution >= 0.6 is 12.4 Å². The summed E-state index contributed by atoms with van der Waals surface area (Å²) in [7, 11) is 3.76. The van der Waals surface area contributed by atoms with Gasteiger partial charge in [0.1, 0.15) is 5.75 Å². The van der Waals surface area contributed by atoms with Gasteiger partial charge in [-0.25, -0.2) is 0 Å². The van der Waals surface area contributed by atoms with E-state index in [4.69, 9.17) is 9.26 Å². The van der Waals surface area contributed by atoms with Gasteiger partial charge in [-0.3, -0.25) is 4.90 Å². The van der Waals surface area contributed by atoms with E-state index in [0.717, 1.165) is 36.8 Å². The van der Waals surface area contributed by atoms with Crippen LogP contribution in [0.4, 0.5) is 0 Å². The minimum absolute atomic E-state index is 0. The summed E-state index contributed by atoms with van der Waals surface area (Å²) in [6.07, 6.45) is 0. The Balaban J connectivity index is 0.00000192. The zero-order valence-electron chi connectivity index (χ0n) is 13.7. The van der Waals surface area contributed by atoms with E-state index in [-0.39, 0.29) is 24.4 Å². The molecule has 0 saturated carbocycles. The summed E-state index contributed by atoms with van der Waals surface area (Å²) >= 11 is 0. The summed E-state index contributed by atoms with van der Waals surface area (Å²) in [5.74, 6) is 2.26. The Kier molecular flexibility index (Phi) is 5.98. The van der Waals surface area contributed by atoms with Gasteiger partial charge in [0.2, 0.25) is 5.89 Å². The normalized spacial score (nSPS) is 19.9. The summed E-state index contributed by atoms with van der Waals surface area (Å²) in [6.45, 7) is 4.90. The lowest BCUT2D eigenvalue weighted by Crippen LogP contribution is -2.44. The molecule has 2 atom stereocenters. The number of nitrogens with one attached hydrogen (secondary N) is 1. The first-order valence-electron chi connectivity index (χ1n) is 7.57. The number of hydrogen-bond acceptors (Lipinski definition) is 6. The molecule has 0 radical (unpaired) electrons. The van der Waals surface area contributed by atoms with Crippen molar-refractivity contribution in [3.63, 3.8) is 0 Å². The van der Waals surface area contributed by atoms with Crippen molar-refractivity contribution in [3.05, 3.63) is 41.5 Å². The van der Waals surface area contributed by atoms with Gasteiger partial charge >= 0.3 is 0 Å². The lowest BCUT2D eigenvalue weighted by molar-refractivity contribution is 0.190. The molecule has 0 spiro atoms. The number of benzene rings is 1. The Hall–Kier alpha value is -1.63. The van der Waals surface area contributed by atoms with Crippen LogP contribution in [-0.2, 0) is 0 Å². The first-order chi connectivity index (χ1) is 10.7. The van der Waals surface area contributed by atoms with Gasteiger partial charge in [0.05, 0.1) is 19.1 Å². The maximum Gasteiger partial charge on any atom is 0.233 e. The van der Waals surface area contributed by atoms with Crippen LogP contribution in [0, 0.1) is 0 Å². The maximum atomic E-state index is 5.50. The highest BCUT2D eigenvalue weighted by atomic mass is 35.5. The Morgan fingerprint density at radius 2 is 2.26 bits per heavy atom. The minimum atomic E-state index is 0. The number of rotatable bonds is 4. The summed E-state index contributed by atoms with van der Waals surface area (Å²) in [4.78, 5) is 6.87. The fourth-order valence-electron chi connectivity index (χ4n) is 2.71. The van der Waals surface area contributed by atoms with Gasteiger partial charge in [-0.2, -0.15) is 4.98 Å². The van der Waals surface area contributed by atoms with Gasteiger partial charge in [0.25, 0.3) is 0 Å². The summed E-state index contributed by atoms with van der Waals surface area (Å²) < 4.78 is 10.8. The van der Waals surface area contributed by atoms with Crippen LogP contribution in [-0.4, -0.2) is 48.8 Å². The van der Waals surface area contributed by atoms with E-state index in [2.05, 4.69) is 34.3 Å². The summed E-state index contributed by atoms with van der Waals surface area (Å²) in [5.41, 5.74) is 1.10. The predicted octanol–water partition coefficient (Wildman–Crippen LogP) is 2.23. The Labute approximate surface area is 142 Å². The Morgan fingerprint density at radius 3 is 3.00 bits per heavy atom. The van der Waals surface area contributed by atoms with Crippen LogP contribution in [0.1, 0.15) is 36.2 Å². The molecular formula is C16H23ClN4O2. The van der Waals surface area contributed by atoms with E-state index in [9.17, 15) is 0 Å². The number of hydrogen-bond donors (Lipinski definition) is 1. The molecule has 7 heteroatoms. The molecule has 6 nitrogen and oxygen atoms in total. The predicted molar refractivity (Wildman–Crippen MR) is 90.3 cm³/mol. The Bertz CT molecular complexity index is 634. The topological polar surface area (TPSA) is 63.4 Å². The third kappa shape index (κ3) is 3.83. The van der Waals surface area contributed by atoms with Gasteiger partial charge in [-0.05, 0) is 31.7 Å². The highest BCUT2D eigenvalue weighted by Gasteiger charge is 2.26. The molecule has 2 unspecified atom stereocenters. The number of nitrogens with zero attached hydrogens (tertiary/aromatic N) is 3. The molecule has 126 valence electrons. The molecule has 0 bridgehead atoms. The van der Waals surface area contributed by atoms with Crippen molar-refractivity contribution >= 4 is 12.4 Å². The van der Waals surface area contributed by atoms with Crippen LogP contribution in [0.3, 0.4) is 0 Å². The largest absolute Gasteiger partial charge is 0.497 e. The lowest BCUT2D eigenvalue weighted by Gasteiger charge is -2.30. The van der Waals surface area contributed by atoms with Gasteiger partial charge in [-0.15, -0.1) is 12.4 Å². The highest BCUT2D eigenvalue weighted by Crippen LogP contribution is 2.27. The molecule has 0 aliphatic carbocycles. The minimum Gasteiger partial charge on any atom is -0.497 e. The smallest absolute Gasteiger partial charge is 0.233 e. The molecule has 1 aliphatic heterocycles. The second kappa shape index (κ2) is 7.77. The van der Waals surface area contributed by atoms with Crippen molar-refractivity contribution in [2.45, 2.75) is 18.9 Å². The molecule has 1 saturated heterocycles. The summed E-state index contributed by atoms with van der Waals surface area (Å²) in [5, 5.41) is 7.55. The molecule has 23 heavy (non-hydrogen) atoms. The molecule has 1 aromatic heterocycles. The molecule has 1 N–H and O–H groups in total. The van der Waals surface area contributed by atoms with E-state index in [0.29, 0.717) is 5.89 Å². The molecule has 1 aromatic carbocycles. The highest BCUT2D eigenvalue weighted by molar-refractivity contribution is 5.85. The number of piperazine rings is 1. The van der Waals surface area contributed by atoms with Gasteiger partial charge in [-0.1, -0.05) is 17.3 Å². The molecule has 2 aromatic rings. The van der Waals surface area contributed by atoms with Crippen LogP contribution in [0.15, 0.2) is 28.8 Å². The Morgan fingerprint density at radius 1 is 1.43 bits per heavy atom. The second-order valence-corrected chi connectivity index (χ2v) is 5.69. The number of aromatic nitrogens is 2. The van der Waals surface area contributed by atoms with Crippen molar-refractivity contribution in [1.82, 2.24) is 20.4 Å². The second-order valence-electron chi connectivity index (χ2n) is 5.69. The molecular weight excluding hydrogens is 316 g/mol. The number of likely N-dealkylation sites (N-methyl/N-ethyl adjacent to an activating group) is 1. The van der Waals surface area contributed by atoms with E-state index in [1.54, 1.807) is 7.11 Å². The lowest BCUT2D eigenvalue weighted by atomic mass is 10.0. The fourth-order valence-corrected chi connectivity index (χ4v) is 2.71. The van der Waals surface area contributed by atoms with E-state index >= 15 is 0 Å². The van der Waals surface area contributed by atoms with Crippen molar-refractivity contribution in [2.75, 3.05) is 33.8 Å². The molecule has 1 fully saturated rings. The third-order valence-electron chi connectivity index (χ3n) is 4.23. The first-order valence-corrected chi connectivity index (χ1v) is 7.57.